The van der Waals surface area contributed by atoms with Gasteiger partial charge >= 0.3 is 0 Å². The minimum Gasteiger partial charge on any atom is -0.343 e. The van der Waals surface area contributed by atoms with Gasteiger partial charge in [-0.15, -0.1) is 0 Å². The van der Waals surface area contributed by atoms with Gasteiger partial charge < -0.3 is 10.2 Å². The van der Waals surface area contributed by atoms with Gasteiger partial charge in [0.15, 0.2) is 0 Å². The van der Waals surface area contributed by atoms with Crippen LogP contribution in [0.4, 0.5) is 4.39 Å². The third-order valence-electron chi connectivity index (χ3n) is 3.93. The second kappa shape index (κ2) is 7.92. The van der Waals surface area contributed by atoms with Gasteiger partial charge in [-0.3, -0.25) is 9.69 Å². The molecular formula is C17H22FN3O. The van der Waals surface area contributed by atoms with Crippen LogP contribution >= 0.6 is 0 Å². The van der Waals surface area contributed by atoms with Gasteiger partial charge in [-0.2, -0.15) is 0 Å². The summed E-state index contributed by atoms with van der Waals surface area (Å²) in [6, 6.07) is 6.54. The van der Waals surface area contributed by atoms with Gasteiger partial charge in [-0.25, -0.2) is 4.39 Å². The van der Waals surface area contributed by atoms with Gasteiger partial charge in [0.1, 0.15) is 5.82 Å². The summed E-state index contributed by atoms with van der Waals surface area (Å²) < 4.78 is 13.1. The zero-order chi connectivity index (χ0) is 15.9. The molecule has 1 aliphatic heterocycles. The van der Waals surface area contributed by atoms with Gasteiger partial charge in [0.05, 0.1) is 6.04 Å². The quantitative estimate of drug-likeness (QED) is 0.851. The lowest BCUT2D eigenvalue weighted by Crippen LogP contribution is -2.48. The summed E-state index contributed by atoms with van der Waals surface area (Å²) >= 11 is 0. The number of carbonyl (C=O) groups excluding carboxylic acids is 1. The fourth-order valence-corrected chi connectivity index (χ4v) is 2.62. The highest BCUT2D eigenvalue weighted by Gasteiger charge is 2.24. The van der Waals surface area contributed by atoms with Crippen LogP contribution in [0.2, 0.25) is 0 Å². The molecule has 0 radical (unpaired) electrons. The van der Waals surface area contributed by atoms with E-state index < -0.39 is 0 Å². The summed E-state index contributed by atoms with van der Waals surface area (Å²) in [5.41, 5.74) is 1.01. The number of halogens is 1. The monoisotopic (exact) mass is 303 g/mol. The van der Waals surface area contributed by atoms with E-state index in [0.29, 0.717) is 6.54 Å². The lowest BCUT2D eigenvalue weighted by molar-refractivity contribution is -0.116. The maximum atomic E-state index is 13.1. The minimum absolute atomic E-state index is 0.0388. The molecule has 0 saturated carbocycles. The molecule has 1 aliphatic rings. The lowest BCUT2D eigenvalue weighted by Gasteiger charge is -2.38. The van der Waals surface area contributed by atoms with Crippen LogP contribution in [0, 0.1) is 17.7 Å². The Labute approximate surface area is 131 Å². The molecule has 1 atom stereocenters. The number of carbonyl (C=O) groups is 1. The van der Waals surface area contributed by atoms with Crippen molar-refractivity contribution in [2.75, 3.05) is 39.8 Å². The molecule has 1 amide bonds. The van der Waals surface area contributed by atoms with Gasteiger partial charge in [-0.05, 0) is 37.6 Å². The first kappa shape index (κ1) is 16.5. The summed E-state index contributed by atoms with van der Waals surface area (Å²) in [6.45, 7) is 5.93. The van der Waals surface area contributed by atoms with Crippen LogP contribution in [0.15, 0.2) is 24.3 Å². The molecule has 1 heterocycles. The standard InChI is InChI=1S/C17H22FN3O/c1-3-4-17(22)19-13-16(14-5-7-15(18)8-6-14)21-11-9-20(2)10-12-21/h5-8,16H,9-13H2,1-2H3,(H,19,22). The van der Waals surface area contributed by atoms with Gasteiger partial charge in [0, 0.05) is 32.7 Å². The van der Waals surface area contributed by atoms with Crippen LogP contribution in [-0.2, 0) is 4.79 Å². The molecule has 0 aliphatic carbocycles. The van der Waals surface area contributed by atoms with Gasteiger partial charge in [0.2, 0.25) is 0 Å². The van der Waals surface area contributed by atoms with Crippen molar-refractivity contribution in [2.24, 2.45) is 0 Å². The van der Waals surface area contributed by atoms with E-state index in [-0.39, 0.29) is 17.8 Å². The molecule has 0 spiro atoms. The van der Waals surface area contributed by atoms with E-state index in [1.807, 2.05) is 0 Å². The molecule has 1 unspecified atom stereocenters. The maximum Gasteiger partial charge on any atom is 0.295 e. The molecule has 0 bridgehead atoms. The summed E-state index contributed by atoms with van der Waals surface area (Å²) in [5, 5.41) is 2.84. The fourth-order valence-electron chi connectivity index (χ4n) is 2.62. The summed E-state index contributed by atoms with van der Waals surface area (Å²) in [6.07, 6.45) is 0. The van der Waals surface area contributed by atoms with E-state index >= 15 is 0 Å². The average Bonchev–Trinajstić information content (AvgIpc) is 2.51. The Morgan fingerprint density at radius 1 is 1.27 bits per heavy atom. The molecule has 1 aromatic carbocycles. The number of piperazine rings is 1. The highest BCUT2D eigenvalue weighted by atomic mass is 19.1. The molecule has 22 heavy (non-hydrogen) atoms. The van der Waals surface area contributed by atoms with E-state index in [4.69, 9.17) is 0 Å². The van der Waals surface area contributed by atoms with E-state index in [1.54, 1.807) is 19.1 Å². The zero-order valence-corrected chi connectivity index (χ0v) is 13.1. The topological polar surface area (TPSA) is 35.6 Å². The Morgan fingerprint density at radius 2 is 1.91 bits per heavy atom. The Bertz CT molecular complexity index is 554. The van der Waals surface area contributed by atoms with E-state index in [9.17, 15) is 9.18 Å². The van der Waals surface area contributed by atoms with Gasteiger partial charge in [-0.1, -0.05) is 18.1 Å². The number of benzene rings is 1. The van der Waals surface area contributed by atoms with Crippen molar-refractivity contribution in [1.82, 2.24) is 15.1 Å². The highest BCUT2D eigenvalue weighted by molar-refractivity contribution is 5.93. The number of likely N-dealkylation sites (N-methyl/N-ethyl adjacent to an activating group) is 1. The van der Waals surface area contributed by atoms with Crippen molar-refractivity contribution in [3.63, 3.8) is 0 Å². The number of amides is 1. The largest absolute Gasteiger partial charge is 0.343 e. The first-order valence-electron chi connectivity index (χ1n) is 7.49. The van der Waals surface area contributed by atoms with Crippen LogP contribution in [0.1, 0.15) is 18.5 Å². The molecule has 1 saturated heterocycles. The molecule has 1 N–H and O–H groups in total. The van der Waals surface area contributed by atoms with Crippen LogP contribution in [0.5, 0.6) is 0 Å². The van der Waals surface area contributed by atoms with Crippen LogP contribution in [-0.4, -0.2) is 55.5 Å². The highest BCUT2D eigenvalue weighted by Crippen LogP contribution is 2.21. The number of nitrogens with one attached hydrogen (secondary N) is 1. The van der Waals surface area contributed by atoms with E-state index in [0.717, 1.165) is 31.7 Å². The van der Waals surface area contributed by atoms with Crippen LogP contribution < -0.4 is 5.32 Å². The van der Waals surface area contributed by atoms with Crippen molar-refractivity contribution in [3.8, 4) is 11.8 Å². The normalized spacial score (nSPS) is 17.4. The minimum atomic E-state index is -0.274. The first-order chi connectivity index (χ1) is 10.6. The Balaban J connectivity index is 2.10. The molecule has 4 nitrogen and oxygen atoms in total. The summed E-state index contributed by atoms with van der Waals surface area (Å²) in [7, 11) is 2.10. The first-order valence-corrected chi connectivity index (χ1v) is 7.49. The second-order valence-corrected chi connectivity index (χ2v) is 5.49. The molecule has 118 valence electrons. The molecule has 5 heteroatoms. The third kappa shape index (κ3) is 4.55. The molecule has 2 rings (SSSR count). The van der Waals surface area contributed by atoms with E-state index in [2.05, 4.69) is 34.0 Å². The lowest BCUT2D eigenvalue weighted by atomic mass is 10.0. The summed E-state index contributed by atoms with van der Waals surface area (Å²) in [4.78, 5) is 16.2. The SMILES string of the molecule is CC#CC(=O)NCC(c1ccc(F)cc1)N1CCN(C)CC1. The Hall–Kier alpha value is -1.90. The maximum absolute atomic E-state index is 13.1. The predicted molar refractivity (Wildman–Crippen MR) is 84.7 cm³/mol. The fraction of sp³-hybridized carbons (Fsp3) is 0.471. The Kier molecular flexibility index (Phi) is 5.93. The van der Waals surface area contributed by atoms with E-state index in [1.165, 1.54) is 12.1 Å². The number of rotatable bonds is 4. The van der Waals surface area contributed by atoms with Crippen molar-refractivity contribution < 1.29 is 9.18 Å². The van der Waals surface area contributed by atoms with Crippen LogP contribution in [0.25, 0.3) is 0 Å². The molecule has 1 fully saturated rings. The molecule has 1 aromatic rings. The number of hydrogen-bond donors (Lipinski definition) is 1. The van der Waals surface area contributed by atoms with Crippen molar-refractivity contribution >= 4 is 5.91 Å². The molecule has 0 aromatic heterocycles. The van der Waals surface area contributed by atoms with Crippen LogP contribution in [0.3, 0.4) is 0 Å². The van der Waals surface area contributed by atoms with Crippen molar-refractivity contribution in [2.45, 2.75) is 13.0 Å². The predicted octanol–water partition coefficient (Wildman–Crippen LogP) is 1.25. The van der Waals surface area contributed by atoms with Crippen molar-refractivity contribution in [1.29, 1.82) is 0 Å². The van der Waals surface area contributed by atoms with Crippen molar-refractivity contribution in [3.05, 3.63) is 35.6 Å². The average molecular weight is 303 g/mol. The summed E-state index contributed by atoms with van der Waals surface area (Å²) in [5.74, 6) is 4.55. The number of nitrogens with zero attached hydrogens (tertiary/aromatic N) is 2. The Morgan fingerprint density at radius 3 is 2.50 bits per heavy atom. The van der Waals surface area contributed by atoms with Gasteiger partial charge in [0.25, 0.3) is 5.91 Å². The zero-order valence-electron chi connectivity index (χ0n) is 13.1. The number of hydrogen-bond acceptors (Lipinski definition) is 3. The third-order valence-corrected chi connectivity index (χ3v) is 3.93. The second-order valence-electron chi connectivity index (χ2n) is 5.49. The smallest absolute Gasteiger partial charge is 0.295 e. The molecular weight excluding hydrogens is 281 g/mol.